The Balaban J connectivity index is 1.35. The van der Waals surface area contributed by atoms with Crippen LogP contribution in [0.3, 0.4) is 0 Å². The molecule has 7 nitrogen and oxygen atoms in total. The van der Waals surface area contributed by atoms with Gasteiger partial charge in [-0.2, -0.15) is 0 Å². The van der Waals surface area contributed by atoms with Crippen molar-refractivity contribution in [1.82, 2.24) is 20.1 Å². The predicted octanol–water partition coefficient (Wildman–Crippen LogP) is 4.42. The number of hydrogen-bond donors (Lipinski definition) is 1. The molecule has 34 heavy (non-hydrogen) atoms. The number of ether oxygens (including phenoxy) is 2. The second-order valence-corrected chi connectivity index (χ2v) is 8.33. The molecule has 0 saturated heterocycles. The van der Waals surface area contributed by atoms with E-state index >= 15 is 0 Å². The molecule has 2 aromatic heterocycles. The number of methoxy groups -OCH3 is 1. The van der Waals surface area contributed by atoms with Gasteiger partial charge < -0.3 is 14.8 Å². The molecule has 0 bridgehead atoms. The summed E-state index contributed by atoms with van der Waals surface area (Å²) in [5.74, 6) is 1.40. The largest absolute Gasteiger partial charge is 0.489 e. The molecule has 4 rings (SSSR count). The molecule has 0 fully saturated rings. The highest BCUT2D eigenvalue weighted by Crippen LogP contribution is 2.30. The van der Waals surface area contributed by atoms with Crippen LogP contribution in [0.25, 0.3) is 11.0 Å². The molecule has 0 radical (unpaired) electrons. The minimum absolute atomic E-state index is 0.00277. The zero-order valence-corrected chi connectivity index (χ0v) is 20.1. The number of pyridine rings is 1. The highest BCUT2D eigenvalue weighted by Gasteiger charge is 2.18. The Morgan fingerprint density at radius 3 is 2.59 bits per heavy atom. The highest BCUT2D eigenvalue weighted by atomic mass is 16.5. The summed E-state index contributed by atoms with van der Waals surface area (Å²) in [5, 5.41) is 8.33. The summed E-state index contributed by atoms with van der Waals surface area (Å²) in [5.41, 5.74) is 5.93. The molecular formula is C27H30N4O3. The van der Waals surface area contributed by atoms with Crippen molar-refractivity contribution in [3.63, 3.8) is 0 Å². The van der Waals surface area contributed by atoms with Crippen molar-refractivity contribution in [2.45, 2.75) is 39.8 Å². The molecule has 1 N–H and O–H groups in total. The van der Waals surface area contributed by atoms with Crippen LogP contribution in [-0.4, -0.2) is 27.8 Å². The van der Waals surface area contributed by atoms with E-state index in [-0.39, 0.29) is 5.91 Å². The molecular weight excluding hydrogens is 428 g/mol. The number of amides is 1. The van der Waals surface area contributed by atoms with Gasteiger partial charge in [0.05, 0.1) is 12.5 Å². The number of fused-ring (bicyclic) bond motifs is 1. The van der Waals surface area contributed by atoms with Gasteiger partial charge in [0.2, 0.25) is 11.8 Å². The third-order valence-corrected chi connectivity index (χ3v) is 5.95. The lowest BCUT2D eigenvalue weighted by atomic mass is 10.00. The SMILES string of the molecule is COc1nn(C)c2nc(C)c(CCC(=O)NCc3cccc(COc4ccccc4)c3)c(C)c12. The summed E-state index contributed by atoms with van der Waals surface area (Å²) in [6.07, 6.45) is 0.990. The van der Waals surface area contributed by atoms with Crippen molar-refractivity contribution >= 4 is 16.9 Å². The summed E-state index contributed by atoms with van der Waals surface area (Å²) < 4.78 is 13.0. The van der Waals surface area contributed by atoms with Gasteiger partial charge in [-0.1, -0.05) is 42.5 Å². The maximum Gasteiger partial charge on any atom is 0.242 e. The van der Waals surface area contributed by atoms with E-state index < -0.39 is 0 Å². The molecule has 2 aromatic carbocycles. The summed E-state index contributed by atoms with van der Waals surface area (Å²) in [4.78, 5) is 17.3. The number of carbonyl (C=O) groups is 1. The van der Waals surface area contributed by atoms with Crippen molar-refractivity contribution in [3.8, 4) is 11.6 Å². The fraction of sp³-hybridized carbons (Fsp3) is 0.296. The lowest BCUT2D eigenvalue weighted by molar-refractivity contribution is -0.121. The summed E-state index contributed by atoms with van der Waals surface area (Å²) in [6, 6.07) is 17.8. The minimum Gasteiger partial charge on any atom is -0.489 e. The molecule has 0 aliphatic heterocycles. The summed E-state index contributed by atoms with van der Waals surface area (Å²) in [7, 11) is 3.46. The third kappa shape index (κ3) is 5.20. The summed E-state index contributed by atoms with van der Waals surface area (Å²) in [6.45, 7) is 4.97. The smallest absolute Gasteiger partial charge is 0.242 e. The van der Waals surface area contributed by atoms with E-state index in [1.807, 2.05) is 69.4 Å². The Morgan fingerprint density at radius 1 is 1.06 bits per heavy atom. The number of rotatable bonds is 9. The first kappa shape index (κ1) is 23.3. The lowest BCUT2D eigenvalue weighted by Gasteiger charge is -2.12. The second-order valence-electron chi connectivity index (χ2n) is 8.33. The quantitative estimate of drug-likeness (QED) is 0.402. The van der Waals surface area contributed by atoms with E-state index in [1.54, 1.807) is 11.8 Å². The van der Waals surface area contributed by atoms with Gasteiger partial charge in [0.15, 0.2) is 5.65 Å². The highest BCUT2D eigenvalue weighted by molar-refractivity contribution is 5.86. The average molecular weight is 459 g/mol. The van der Waals surface area contributed by atoms with Gasteiger partial charge in [-0.3, -0.25) is 4.79 Å². The molecule has 0 spiro atoms. The van der Waals surface area contributed by atoms with Crippen molar-refractivity contribution < 1.29 is 14.3 Å². The molecule has 1 amide bonds. The Bertz CT molecular complexity index is 1300. The average Bonchev–Trinajstić information content (AvgIpc) is 3.17. The van der Waals surface area contributed by atoms with Gasteiger partial charge in [-0.25, -0.2) is 9.67 Å². The van der Waals surface area contributed by atoms with Crippen molar-refractivity contribution in [2.24, 2.45) is 7.05 Å². The Morgan fingerprint density at radius 2 is 1.82 bits per heavy atom. The van der Waals surface area contributed by atoms with E-state index in [4.69, 9.17) is 14.5 Å². The van der Waals surface area contributed by atoms with Gasteiger partial charge in [0.1, 0.15) is 12.4 Å². The molecule has 0 unspecified atom stereocenters. The van der Waals surface area contributed by atoms with Crippen molar-refractivity contribution in [2.75, 3.05) is 7.11 Å². The number of para-hydroxylation sites is 1. The number of nitrogens with one attached hydrogen (secondary N) is 1. The van der Waals surface area contributed by atoms with Crippen LogP contribution in [0, 0.1) is 13.8 Å². The molecule has 4 aromatic rings. The van der Waals surface area contributed by atoms with Crippen LogP contribution < -0.4 is 14.8 Å². The fourth-order valence-corrected chi connectivity index (χ4v) is 4.15. The Labute approximate surface area is 199 Å². The molecule has 7 heteroatoms. The van der Waals surface area contributed by atoms with Crippen LogP contribution in [0.5, 0.6) is 11.6 Å². The first-order chi connectivity index (χ1) is 16.5. The van der Waals surface area contributed by atoms with Gasteiger partial charge in [0, 0.05) is 25.7 Å². The molecule has 2 heterocycles. The van der Waals surface area contributed by atoms with Crippen LogP contribution in [-0.2, 0) is 31.4 Å². The maximum atomic E-state index is 12.6. The Kier molecular flexibility index (Phi) is 7.11. The number of carbonyl (C=O) groups excluding carboxylic acids is 1. The Hall–Kier alpha value is -3.87. The van der Waals surface area contributed by atoms with E-state index in [9.17, 15) is 4.79 Å². The minimum atomic E-state index is 0.00277. The molecule has 0 aliphatic carbocycles. The van der Waals surface area contributed by atoms with Gasteiger partial charge >= 0.3 is 0 Å². The van der Waals surface area contributed by atoms with E-state index in [2.05, 4.69) is 16.5 Å². The van der Waals surface area contributed by atoms with Crippen molar-refractivity contribution in [1.29, 1.82) is 0 Å². The molecule has 0 aliphatic rings. The molecule has 176 valence electrons. The predicted molar refractivity (Wildman–Crippen MR) is 132 cm³/mol. The number of aromatic nitrogens is 3. The number of nitrogens with zero attached hydrogens (tertiary/aromatic N) is 3. The van der Waals surface area contributed by atoms with E-state index in [0.717, 1.165) is 44.7 Å². The van der Waals surface area contributed by atoms with E-state index in [0.29, 0.717) is 31.9 Å². The van der Waals surface area contributed by atoms with Gasteiger partial charge in [0.25, 0.3) is 0 Å². The van der Waals surface area contributed by atoms with Crippen LogP contribution in [0.2, 0.25) is 0 Å². The van der Waals surface area contributed by atoms with Crippen LogP contribution in [0.15, 0.2) is 54.6 Å². The van der Waals surface area contributed by atoms with E-state index in [1.165, 1.54) is 0 Å². The van der Waals surface area contributed by atoms with Crippen LogP contribution in [0.1, 0.15) is 34.4 Å². The second kappa shape index (κ2) is 10.4. The van der Waals surface area contributed by atoms with Gasteiger partial charge in [-0.05, 0) is 54.7 Å². The number of hydrogen-bond acceptors (Lipinski definition) is 5. The number of aryl methyl sites for hydroxylation is 3. The summed E-state index contributed by atoms with van der Waals surface area (Å²) >= 11 is 0. The van der Waals surface area contributed by atoms with Crippen molar-refractivity contribution in [3.05, 3.63) is 82.5 Å². The first-order valence-corrected chi connectivity index (χ1v) is 11.4. The molecule has 0 saturated carbocycles. The van der Waals surface area contributed by atoms with Crippen LogP contribution >= 0.6 is 0 Å². The monoisotopic (exact) mass is 458 g/mol. The number of benzene rings is 2. The third-order valence-electron chi connectivity index (χ3n) is 5.95. The fourth-order valence-electron chi connectivity index (χ4n) is 4.15. The standard InChI is InChI=1S/C27H30N4O3/c1-18-23(19(2)29-26-25(18)27(33-4)30-31(26)3)13-14-24(32)28-16-20-9-8-10-21(15-20)17-34-22-11-6-5-7-12-22/h5-12,15H,13-14,16-17H2,1-4H3,(H,28,32). The normalized spacial score (nSPS) is 10.9. The maximum absolute atomic E-state index is 12.6. The zero-order chi connectivity index (χ0) is 24.1. The van der Waals surface area contributed by atoms with Crippen LogP contribution in [0.4, 0.5) is 0 Å². The lowest BCUT2D eigenvalue weighted by Crippen LogP contribution is -2.23. The molecule has 0 atom stereocenters. The van der Waals surface area contributed by atoms with Gasteiger partial charge in [-0.15, -0.1) is 5.10 Å². The zero-order valence-electron chi connectivity index (χ0n) is 20.1. The first-order valence-electron chi connectivity index (χ1n) is 11.4. The topological polar surface area (TPSA) is 78.3 Å².